The summed E-state index contributed by atoms with van der Waals surface area (Å²) >= 11 is 0. The van der Waals surface area contributed by atoms with E-state index >= 15 is 0 Å². The molecule has 4 nitrogen and oxygen atoms in total. The fraction of sp³-hybridized carbons (Fsp3) is 1.00. The molecule has 3 rings (SSSR count). The molecular weight excluding hydrogens is 250 g/mol. The van der Waals surface area contributed by atoms with Gasteiger partial charge in [0.2, 0.25) is 0 Å². The first kappa shape index (κ1) is 14.8. The lowest BCUT2D eigenvalue weighted by atomic mass is 9.85. The Morgan fingerprint density at radius 3 is 2.60 bits per heavy atom. The van der Waals surface area contributed by atoms with E-state index in [1.807, 2.05) is 0 Å². The van der Waals surface area contributed by atoms with Crippen LogP contribution in [0.3, 0.4) is 0 Å². The van der Waals surface area contributed by atoms with Gasteiger partial charge in [-0.3, -0.25) is 4.90 Å². The van der Waals surface area contributed by atoms with Crippen LogP contribution in [0.1, 0.15) is 32.1 Å². The molecule has 0 aromatic rings. The molecule has 0 aromatic carbocycles. The summed E-state index contributed by atoms with van der Waals surface area (Å²) in [6.45, 7) is 9.24. The van der Waals surface area contributed by atoms with Gasteiger partial charge in [-0.15, -0.1) is 0 Å². The molecule has 0 amide bonds. The molecule has 0 radical (unpaired) electrons. The highest BCUT2D eigenvalue weighted by Crippen LogP contribution is 2.39. The first-order chi connectivity index (χ1) is 9.81. The van der Waals surface area contributed by atoms with Gasteiger partial charge in [0.05, 0.1) is 13.2 Å². The number of nitrogens with one attached hydrogen (secondary N) is 1. The molecule has 3 fully saturated rings. The Hall–Kier alpha value is -0.160. The van der Waals surface area contributed by atoms with Gasteiger partial charge in [-0.05, 0) is 38.3 Å². The second-order valence-electron chi connectivity index (χ2n) is 7.06. The van der Waals surface area contributed by atoms with Crippen LogP contribution in [0.25, 0.3) is 0 Å². The van der Waals surface area contributed by atoms with Crippen LogP contribution in [0.2, 0.25) is 0 Å². The van der Waals surface area contributed by atoms with Crippen molar-refractivity contribution in [2.75, 3.05) is 59.5 Å². The molecule has 2 saturated heterocycles. The zero-order chi connectivity index (χ0) is 13.8. The average Bonchev–Trinajstić information content (AvgIpc) is 3.11. The largest absolute Gasteiger partial charge is 0.379 e. The van der Waals surface area contributed by atoms with Gasteiger partial charge in [-0.25, -0.2) is 0 Å². The van der Waals surface area contributed by atoms with E-state index in [-0.39, 0.29) is 0 Å². The van der Waals surface area contributed by atoms with Crippen LogP contribution >= 0.6 is 0 Å². The molecule has 116 valence electrons. The Balaban J connectivity index is 1.51. The molecule has 2 heterocycles. The highest BCUT2D eigenvalue weighted by atomic mass is 16.5. The summed E-state index contributed by atoms with van der Waals surface area (Å²) in [6.07, 6.45) is 7.07. The van der Waals surface area contributed by atoms with Gasteiger partial charge in [-0.2, -0.15) is 0 Å². The average molecular weight is 281 g/mol. The molecular formula is C16H31N3O. The number of hydrogen-bond acceptors (Lipinski definition) is 4. The fourth-order valence-electron chi connectivity index (χ4n) is 4.56. The predicted molar refractivity (Wildman–Crippen MR) is 82.1 cm³/mol. The van der Waals surface area contributed by atoms with E-state index < -0.39 is 0 Å². The van der Waals surface area contributed by atoms with Crippen molar-refractivity contribution < 1.29 is 4.74 Å². The van der Waals surface area contributed by atoms with Gasteiger partial charge in [0.25, 0.3) is 0 Å². The van der Waals surface area contributed by atoms with Crippen LogP contribution in [0.5, 0.6) is 0 Å². The fourth-order valence-corrected chi connectivity index (χ4v) is 4.56. The quantitative estimate of drug-likeness (QED) is 0.819. The second-order valence-corrected chi connectivity index (χ2v) is 7.06. The smallest absolute Gasteiger partial charge is 0.0594 e. The summed E-state index contributed by atoms with van der Waals surface area (Å²) in [5, 5.41) is 3.45. The van der Waals surface area contributed by atoms with Crippen molar-refractivity contribution in [3.63, 3.8) is 0 Å². The molecule has 1 N–H and O–H groups in total. The van der Waals surface area contributed by atoms with Gasteiger partial charge in [0, 0.05) is 38.8 Å². The maximum absolute atomic E-state index is 5.48. The number of hydrogen-bond donors (Lipinski definition) is 1. The molecule has 3 aliphatic rings. The zero-order valence-electron chi connectivity index (χ0n) is 13.1. The van der Waals surface area contributed by atoms with E-state index in [1.165, 1.54) is 58.3 Å². The molecule has 2 aliphatic heterocycles. The minimum atomic E-state index is 0.564. The Kier molecular flexibility index (Phi) is 4.97. The summed E-state index contributed by atoms with van der Waals surface area (Å²) in [5.74, 6) is 0. The van der Waals surface area contributed by atoms with Crippen LogP contribution in [0.15, 0.2) is 0 Å². The standard InChI is InChI=1S/C16H31N3O/c1-17-13-16(5-2-3-6-16)14-18-7-4-15(12-18)19-8-10-20-11-9-19/h15,17H,2-14H2,1H3. The topological polar surface area (TPSA) is 27.7 Å². The normalized spacial score (nSPS) is 31.9. The summed E-state index contributed by atoms with van der Waals surface area (Å²) in [5.41, 5.74) is 0.564. The van der Waals surface area contributed by atoms with E-state index in [0.29, 0.717) is 5.41 Å². The van der Waals surface area contributed by atoms with Crippen molar-refractivity contribution in [2.24, 2.45) is 5.41 Å². The minimum absolute atomic E-state index is 0.564. The predicted octanol–water partition coefficient (Wildman–Crippen LogP) is 1.17. The van der Waals surface area contributed by atoms with E-state index in [4.69, 9.17) is 4.74 Å². The monoisotopic (exact) mass is 281 g/mol. The highest BCUT2D eigenvalue weighted by Gasteiger charge is 2.37. The third-order valence-corrected chi connectivity index (χ3v) is 5.58. The molecule has 20 heavy (non-hydrogen) atoms. The van der Waals surface area contributed by atoms with Gasteiger partial charge in [0.1, 0.15) is 0 Å². The van der Waals surface area contributed by atoms with Gasteiger partial charge < -0.3 is 15.0 Å². The third-order valence-electron chi connectivity index (χ3n) is 5.58. The van der Waals surface area contributed by atoms with Crippen molar-refractivity contribution in [1.29, 1.82) is 0 Å². The number of nitrogens with zero attached hydrogens (tertiary/aromatic N) is 2. The van der Waals surface area contributed by atoms with Gasteiger partial charge >= 0.3 is 0 Å². The summed E-state index contributed by atoms with van der Waals surface area (Å²) in [7, 11) is 2.11. The Morgan fingerprint density at radius 2 is 1.90 bits per heavy atom. The second kappa shape index (κ2) is 6.73. The lowest BCUT2D eigenvalue weighted by molar-refractivity contribution is 0.0176. The van der Waals surface area contributed by atoms with Gasteiger partial charge in [-0.1, -0.05) is 12.8 Å². The molecule has 1 aliphatic carbocycles. The lowest BCUT2D eigenvalue weighted by Gasteiger charge is -2.35. The molecule has 0 bridgehead atoms. The van der Waals surface area contributed by atoms with Crippen molar-refractivity contribution >= 4 is 0 Å². The molecule has 1 unspecified atom stereocenters. The molecule has 0 aromatic heterocycles. The van der Waals surface area contributed by atoms with E-state index in [2.05, 4.69) is 22.2 Å². The number of ether oxygens (including phenoxy) is 1. The van der Waals surface area contributed by atoms with Crippen molar-refractivity contribution in [1.82, 2.24) is 15.1 Å². The highest BCUT2D eigenvalue weighted by molar-refractivity contribution is 4.93. The number of likely N-dealkylation sites (tertiary alicyclic amines) is 1. The van der Waals surface area contributed by atoms with Gasteiger partial charge in [0.15, 0.2) is 0 Å². The Labute approximate surface area is 123 Å². The van der Waals surface area contributed by atoms with E-state index in [0.717, 1.165) is 32.3 Å². The SMILES string of the molecule is CNCC1(CN2CCC(N3CCOCC3)C2)CCCC1. The minimum Gasteiger partial charge on any atom is -0.379 e. The summed E-state index contributed by atoms with van der Waals surface area (Å²) in [6, 6.07) is 0.784. The van der Waals surface area contributed by atoms with Crippen molar-refractivity contribution in [3.8, 4) is 0 Å². The first-order valence-corrected chi connectivity index (χ1v) is 8.50. The summed E-state index contributed by atoms with van der Waals surface area (Å²) < 4.78 is 5.48. The maximum atomic E-state index is 5.48. The Bertz CT molecular complexity index is 298. The maximum Gasteiger partial charge on any atom is 0.0594 e. The third kappa shape index (κ3) is 3.35. The molecule has 0 spiro atoms. The Morgan fingerprint density at radius 1 is 1.15 bits per heavy atom. The number of morpholine rings is 1. The molecule has 1 atom stereocenters. The van der Waals surface area contributed by atoms with Crippen molar-refractivity contribution in [2.45, 2.75) is 38.1 Å². The zero-order valence-corrected chi connectivity index (χ0v) is 13.1. The van der Waals surface area contributed by atoms with Crippen LogP contribution < -0.4 is 5.32 Å². The summed E-state index contributed by atoms with van der Waals surface area (Å²) in [4.78, 5) is 5.39. The molecule has 4 heteroatoms. The van der Waals surface area contributed by atoms with Crippen LogP contribution in [-0.2, 0) is 4.74 Å². The van der Waals surface area contributed by atoms with E-state index in [9.17, 15) is 0 Å². The molecule has 1 saturated carbocycles. The van der Waals surface area contributed by atoms with Crippen LogP contribution in [0, 0.1) is 5.41 Å². The van der Waals surface area contributed by atoms with Crippen molar-refractivity contribution in [3.05, 3.63) is 0 Å². The lowest BCUT2D eigenvalue weighted by Crippen LogP contribution is -2.46. The number of rotatable bonds is 5. The van der Waals surface area contributed by atoms with Crippen LogP contribution in [0.4, 0.5) is 0 Å². The van der Waals surface area contributed by atoms with E-state index in [1.54, 1.807) is 0 Å². The first-order valence-electron chi connectivity index (χ1n) is 8.50. The van der Waals surface area contributed by atoms with Crippen LogP contribution in [-0.4, -0.2) is 75.4 Å².